The lowest BCUT2D eigenvalue weighted by Gasteiger charge is -2.24. The van der Waals surface area contributed by atoms with Gasteiger partial charge in [0.2, 0.25) is 0 Å². The first kappa shape index (κ1) is 18.4. The van der Waals surface area contributed by atoms with E-state index in [2.05, 4.69) is 15.9 Å². The second kappa shape index (κ2) is 8.80. The van der Waals surface area contributed by atoms with Crippen LogP contribution in [0.1, 0.15) is 10.4 Å². The molecule has 0 heterocycles. The van der Waals surface area contributed by atoms with E-state index in [1.165, 1.54) is 0 Å². The van der Waals surface area contributed by atoms with Crippen molar-refractivity contribution in [3.63, 3.8) is 0 Å². The summed E-state index contributed by atoms with van der Waals surface area (Å²) in [4.78, 5) is -0.243. The average molecular weight is 397 g/mol. The van der Waals surface area contributed by atoms with Crippen LogP contribution < -0.4 is 18.9 Å². The van der Waals surface area contributed by atoms with E-state index in [0.717, 1.165) is 5.56 Å². The molecule has 0 amide bonds. The molecule has 6 heteroatoms. The van der Waals surface area contributed by atoms with Crippen LogP contribution in [0.3, 0.4) is 0 Å². The predicted molar refractivity (Wildman–Crippen MR) is 95.7 cm³/mol. The van der Waals surface area contributed by atoms with Gasteiger partial charge in [0.25, 0.3) is 0 Å². The van der Waals surface area contributed by atoms with Gasteiger partial charge in [-0.2, -0.15) is 0 Å². The Kier molecular flexibility index (Phi) is 6.75. The van der Waals surface area contributed by atoms with Crippen molar-refractivity contribution in [2.75, 3.05) is 27.9 Å². The standard InChI is InChI=1S/C18H21BrO5/c1-21-13-6-4-5-7-15(13)24-17(11-20)18(19)12-8-9-14(22-2)16(10-12)23-3/h4-10,17-18,20H,11H2,1-3H3/t17-,18+/m1/s1. The van der Waals surface area contributed by atoms with Gasteiger partial charge in [-0.25, -0.2) is 0 Å². The minimum Gasteiger partial charge on any atom is -0.493 e. The van der Waals surface area contributed by atoms with Gasteiger partial charge in [-0.05, 0) is 29.8 Å². The molecule has 0 bridgehead atoms. The second-order valence-electron chi connectivity index (χ2n) is 5.01. The monoisotopic (exact) mass is 396 g/mol. The Morgan fingerprint density at radius 2 is 1.46 bits per heavy atom. The fraction of sp³-hybridized carbons (Fsp3) is 0.333. The summed E-state index contributed by atoms with van der Waals surface area (Å²) in [6, 6.07) is 12.9. The number of methoxy groups -OCH3 is 3. The number of benzene rings is 2. The van der Waals surface area contributed by atoms with Crippen LogP contribution in [0.2, 0.25) is 0 Å². The fourth-order valence-electron chi connectivity index (χ4n) is 2.31. The lowest BCUT2D eigenvalue weighted by Crippen LogP contribution is -2.26. The molecular formula is C18H21BrO5. The normalized spacial score (nSPS) is 13.0. The molecule has 0 saturated heterocycles. The van der Waals surface area contributed by atoms with E-state index in [-0.39, 0.29) is 11.4 Å². The number of hydrogen-bond donors (Lipinski definition) is 1. The van der Waals surface area contributed by atoms with Gasteiger partial charge in [-0.3, -0.25) is 0 Å². The molecule has 1 N–H and O–H groups in total. The Morgan fingerprint density at radius 1 is 0.875 bits per heavy atom. The molecule has 130 valence electrons. The molecule has 5 nitrogen and oxygen atoms in total. The molecule has 2 aromatic carbocycles. The largest absolute Gasteiger partial charge is 0.493 e. The zero-order valence-corrected chi connectivity index (χ0v) is 15.4. The first-order chi connectivity index (χ1) is 11.6. The highest BCUT2D eigenvalue weighted by molar-refractivity contribution is 9.09. The van der Waals surface area contributed by atoms with E-state index in [1.807, 2.05) is 36.4 Å². The minimum atomic E-state index is -0.501. The van der Waals surface area contributed by atoms with Gasteiger partial charge in [0.05, 0.1) is 32.8 Å². The summed E-state index contributed by atoms with van der Waals surface area (Å²) in [7, 11) is 4.75. The number of aliphatic hydroxyl groups is 1. The second-order valence-corrected chi connectivity index (χ2v) is 5.99. The van der Waals surface area contributed by atoms with E-state index in [1.54, 1.807) is 27.4 Å². The van der Waals surface area contributed by atoms with Crippen LogP contribution in [0.25, 0.3) is 0 Å². The Hall–Kier alpha value is -1.92. The van der Waals surface area contributed by atoms with E-state index in [9.17, 15) is 5.11 Å². The molecule has 2 atom stereocenters. The minimum absolute atomic E-state index is 0.164. The third-order valence-corrected chi connectivity index (χ3v) is 4.70. The molecule has 0 aliphatic carbocycles. The van der Waals surface area contributed by atoms with Gasteiger partial charge in [-0.1, -0.05) is 34.1 Å². The number of hydrogen-bond acceptors (Lipinski definition) is 5. The van der Waals surface area contributed by atoms with Crippen molar-refractivity contribution < 1.29 is 24.1 Å². The summed E-state index contributed by atoms with van der Waals surface area (Å²) >= 11 is 3.60. The summed E-state index contributed by atoms with van der Waals surface area (Å²) in [5, 5.41) is 9.76. The lowest BCUT2D eigenvalue weighted by atomic mass is 10.1. The van der Waals surface area contributed by atoms with Crippen LogP contribution in [-0.4, -0.2) is 39.1 Å². The van der Waals surface area contributed by atoms with Crippen molar-refractivity contribution in [1.29, 1.82) is 0 Å². The molecule has 0 spiro atoms. The van der Waals surface area contributed by atoms with Crippen molar-refractivity contribution in [3.8, 4) is 23.0 Å². The first-order valence-electron chi connectivity index (χ1n) is 7.41. The van der Waals surface area contributed by atoms with E-state index in [4.69, 9.17) is 18.9 Å². The van der Waals surface area contributed by atoms with Crippen molar-refractivity contribution in [3.05, 3.63) is 48.0 Å². The van der Waals surface area contributed by atoms with Crippen LogP contribution in [0.15, 0.2) is 42.5 Å². The summed E-state index contributed by atoms with van der Waals surface area (Å²) in [6.07, 6.45) is -0.501. The van der Waals surface area contributed by atoms with Crippen LogP contribution in [0.4, 0.5) is 0 Å². The molecule has 0 radical (unpaired) electrons. The van der Waals surface area contributed by atoms with Gasteiger partial charge >= 0.3 is 0 Å². The zero-order valence-electron chi connectivity index (χ0n) is 13.9. The van der Waals surface area contributed by atoms with E-state index in [0.29, 0.717) is 23.0 Å². The van der Waals surface area contributed by atoms with Crippen molar-refractivity contribution in [2.24, 2.45) is 0 Å². The molecule has 0 aliphatic heterocycles. The average Bonchev–Trinajstić information content (AvgIpc) is 2.65. The maximum absolute atomic E-state index is 9.76. The van der Waals surface area contributed by atoms with Crippen LogP contribution in [-0.2, 0) is 0 Å². The maximum Gasteiger partial charge on any atom is 0.161 e. The Labute approximate surface area is 150 Å². The number of alkyl halides is 1. The maximum atomic E-state index is 9.76. The third kappa shape index (κ3) is 4.13. The molecule has 2 rings (SSSR count). The van der Waals surface area contributed by atoms with Crippen LogP contribution in [0.5, 0.6) is 23.0 Å². The smallest absolute Gasteiger partial charge is 0.161 e. The molecule has 0 aromatic heterocycles. The van der Waals surface area contributed by atoms with Gasteiger partial charge < -0.3 is 24.1 Å². The summed E-state index contributed by atoms with van der Waals surface area (Å²) in [5.74, 6) is 2.45. The quantitative estimate of drug-likeness (QED) is 0.690. The topological polar surface area (TPSA) is 57.2 Å². The van der Waals surface area contributed by atoms with Gasteiger partial charge in [0.1, 0.15) is 6.10 Å². The number of rotatable bonds is 8. The van der Waals surface area contributed by atoms with Gasteiger partial charge in [0.15, 0.2) is 23.0 Å². The van der Waals surface area contributed by atoms with Crippen LogP contribution >= 0.6 is 15.9 Å². The molecular weight excluding hydrogens is 376 g/mol. The number of ether oxygens (including phenoxy) is 4. The Bertz CT molecular complexity index is 662. The van der Waals surface area contributed by atoms with Crippen molar-refractivity contribution in [2.45, 2.75) is 10.9 Å². The number of halogens is 1. The molecule has 0 saturated carbocycles. The predicted octanol–water partition coefficient (Wildman–Crippen LogP) is 3.59. The molecule has 2 aromatic rings. The highest BCUT2D eigenvalue weighted by Crippen LogP contribution is 2.37. The van der Waals surface area contributed by atoms with E-state index < -0.39 is 6.10 Å². The lowest BCUT2D eigenvalue weighted by molar-refractivity contribution is 0.111. The highest BCUT2D eigenvalue weighted by atomic mass is 79.9. The zero-order chi connectivity index (χ0) is 17.5. The molecule has 0 fully saturated rings. The SMILES string of the molecule is COc1ccc([C@H](Br)[C@@H](CO)Oc2ccccc2OC)cc1OC. The summed E-state index contributed by atoms with van der Waals surface area (Å²) in [5.41, 5.74) is 0.904. The highest BCUT2D eigenvalue weighted by Gasteiger charge is 2.24. The van der Waals surface area contributed by atoms with Crippen LogP contribution in [0, 0.1) is 0 Å². The van der Waals surface area contributed by atoms with Crippen molar-refractivity contribution in [1.82, 2.24) is 0 Å². The molecule has 0 unspecified atom stereocenters. The van der Waals surface area contributed by atoms with E-state index >= 15 is 0 Å². The Morgan fingerprint density at radius 3 is 2.04 bits per heavy atom. The fourth-order valence-corrected chi connectivity index (χ4v) is 2.87. The summed E-state index contributed by atoms with van der Waals surface area (Å²) in [6.45, 7) is -0.164. The molecule has 0 aliphatic rings. The van der Waals surface area contributed by atoms with Crippen molar-refractivity contribution >= 4 is 15.9 Å². The number of para-hydroxylation sites is 2. The number of aliphatic hydroxyl groups excluding tert-OH is 1. The Balaban J connectivity index is 2.24. The molecule has 24 heavy (non-hydrogen) atoms. The van der Waals surface area contributed by atoms with Gasteiger partial charge in [-0.15, -0.1) is 0 Å². The van der Waals surface area contributed by atoms with Gasteiger partial charge in [0, 0.05) is 0 Å². The summed E-state index contributed by atoms with van der Waals surface area (Å²) < 4.78 is 21.8. The third-order valence-electron chi connectivity index (χ3n) is 3.58. The first-order valence-corrected chi connectivity index (χ1v) is 8.32.